The summed E-state index contributed by atoms with van der Waals surface area (Å²) in [4.78, 5) is 36.6. The summed E-state index contributed by atoms with van der Waals surface area (Å²) in [5.74, 6) is 1.05. The minimum Gasteiger partial charge on any atom is -0.494 e. The highest BCUT2D eigenvalue weighted by molar-refractivity contribution is 8.14. The van der Waals surface area contributed by atoms with Crippen LogP contribution in [-0.4, -0.2) is 36.9 Å². The van der Waals surface area contributed by atoms with Crippen LogP contribution in [0.2, 0.25) is 0 Å². The Bertz CT molecular complexity index is 1730. The van der Waals surface area contributed by atoms with Gasteiger partial charge in [-0.05, 0) is 127 Å². The van der Waals surface area contributed by atoms with Gasteiger partial charge in [-0.1, -0.05) is 56.5 Å². The molecule has 0 spiro atoms. The summed E-state index contributed by atoms with van der Waals surface area (Å²) >= 11 is 1.22. The van der Waals surface area contributed by atoms with Crippen molar-refractivity contribution >= 4 is 39.6 Å². The van der Waals surface area contributed by atoms with E-state index in [2.05, 4.69) is 20.1 Å². The van der Waals surface area contributed by atoms with Crippen LogP contribution >= 0.6 is 11.8 Å². The predicted molar refractivity (Wildman–Crippen MR) is 201 cm³/mol. The lowest BCUT2D eigenvalue weighted by atomic mass is 10.00. The predicted octanol–water partition coefficient (Wildman–Crippen LogP) is 10.3. The van der Waals surface area contributed by atoms with Gasteiger partial charge in [0.2, 0.25) is 5.12 Å². The number of hydrogen-bond donors (Lipinski definition) is 0. The number of rotatable bonds is 21. The van der Waals surface area contributed by atoms with Crippen molar-refractivity contribution in [2.45, 2.75) is 69.6 Å². The van der Waals surface area contributed by atoms with Crippen molar-refractivity contribution in [3.05, 3.63) is 115 Å². The highest BCUT2D eigenvalue weighted by atomic mass is 32.2. The van der Waals surface area contributed by atoms with E-state index < -0.39 is 0 Å². The maximum atomic E-state index is 13.3. The van der Waals surface area contributed by atoms with E-state index in [9.17, 15) is 14.4 Å². The van der Waals surface area contributed by atoms with Crippen LogP contribution in [0.15, 0.2) is 109 Å². The van der Waals surface area contributed by atoms with E-state index in [1.807, 2.05) is 78.9 Å². The zero-order valence-electron chi connectivity index (χ0n) is 28.8. The van der Waals surface area contributed by atoms with Crippen LogP contribution in [0, 0.1) is 0 Å². The van der Waals surface area contributed by atoms with Crippen LogP contribution in [0.4, 0.5) is 0 Å². The molecule has 8 heteroatoms. The van der Waals surface area contributed by atoms with Gasteiger partial charge < -0.3 is 18.9 Å². The molecule has 7 nitrogen and oxygen atoms in total. The number of carbonyl (C=O) groups is 3. The number of fused-ring (bicyclic) bond motifs is 1. The molecule has 0 bridgehead atoms. The molecule has 0 aromatic heterocycles. The molecule has 0 saturated heterocycles. The molecule has 50 heavy (non-hydrogen) atoms. The number of benzene rings is 4. The van der Waals surface area contributed by atoms with E-state index in [1.165, 1.54) is 17.8 Å². The molecule has 0 fully saturated rings. The van der Waals surface area contributed by atoms with Crippen LogP contribution < -0.4 is 9.47 Å². The first kappa shape index (κ1) is 38.0. The fourth-order valence-electron chi connectivity index (χ4n) is 5.49. The second-order valence-corrected chi connectivity index (χ2v) is 12.8. The van der Waals surface area contributed by atoms with Gasteiger partial charge in [0.05, 0.1) is 26.1 Å². The fraction of sp³-hybridized carbons (Fsp3) is 0.310. The van der Waals surface area contributed by atoms with Crippen LogP contribution in [0.5, 0.6) is 11.5 Å². The van der Waals surface area contributed by atoms with E-state index in [0.29, 0.717) is 31.8 Å². The lowest BCUT2D eigenvalue weighted by Gasteiger charge is -2.14. The molecule has 4 rings (SSSR count). The first-order valence-electron chi connectivity index (χ1n) is 17.2. The second-order valence-electron chi connectivity index (χ2n) is 11.7. The summed E-state index contributed by atoms with van der Waals surface area (Å²) in [5.41, 5.74) is 3.91. The van der Waals surface area contributed by atoms with Gasteiger partial charge in [-0.3, -0.25) is 9.59 Å². The molecule has 0 N–H and O–H groups in total. The van der Waals surface area contributed by atoms with Crippen molar-refractivity contribution in [1.29, 1.82) is 0 Å². The molecule has 0 aliphatic heterocycles. The van der Waals surface area contributed by atoms with Gasteiger partial charge in [0.25, 0.3) is 0 Å². The topological polar surface area (TPSA) is 88.1 Å². The van der Waals surface area contributed by atoms with Crippen molar-refractivity contribution < 1.29 is 33.3 Å². The Kier molecular flexibility index (Phi) is 15.7. The van der Waals surface area contributed by atoms with Crippen LogP contribution in [-0.2, 0) is 25.5 Å². The molecule has 262 valence electrons. The lowest BCUT2D eigenvalue weighted by Crippen LogP contribution is -2.02. The second kappa shape index (κ2) is 20.6. The van der Waals surface area contributed by atoms with E-state index in [1.54, 1.807) is 0 Å². The number of thioether (sulfide) groups is 1. The van der Waals surface area contributed by atoms with Crippen molar-refractivity contribution in [1.82, 2.24) is 0 Å². The van der Waals surface area contributed by atoms with Gasteiger partial charge in [-0.15, -0.1) is 0 Å². The molecule has 0 amide bonds. The number of unbranched alkanes of at least 4 members (excludes halogenated alkanes) is 5. The SMILES string of the molecule is C=COC(=O)CCCCCOc1ccc2cc(C(=O)Sc3ccc(-c4ccc(OCCCCCCOC(=O)C=C)cc4)cc3)ccc2c1CC. The summed E-state index contributed by atoms with van der Waals surface area (Å²) in [6.45, 7) is 10.5. The Morgan fingerprint density at radius 1 is 0.720 bits per heavy atom. The summed E-state index contributed by atoms with van der Waals surface area (Å²) in [7, 11) is 0. The molecular weight excluding hydrogens is 649 g/mol. The van der Waals surface area contributed by atoms with E-state index in [0.717, 1.165) is 101 Å². The third-order valence-electron chi connectivity index (χ3n) is 8.15. The first-order chi connectivity index (χ1) is 24.4. The van der Waals surface area contributed by atoms with Gasteiger partial charge in [-0.2, -0.15) is 0 Å². The number of ether oxygens (including phenoxy) is 4. The molecule has 0 aliphatic rings. The number of hydrogen-bond acceptors (Lipinski definition) is 8. The molecule has 0 unspecified atom stereocenters. The maximum Gasteiger partial charge on any atom is 0.330 e. The lowest BCUT2D eigenvalue weighted by molar-refractivity contribution is -0.138. The smallest absolute Gasteiger partial charge is 0.330 e. The van der Waals surface area contributed by atoms with Gasteiger partial charge in [-0.25, -0.2) is 4.79 Å². The maximum absolute atomic E-state index is 13.3. The Morgan fingerprint density at radius 3 is 2.06 bits per heavy atom. The quantitative estimate of drug-likeness (QED) is 0.0280. The molecule has 0 heterocycles. The third-order valence-corrected chi connectivity index (χ3v) is 9.08. The molecule has 0 saturated carbocycles. The monoisotopic (exact) mass is 694 g/mol. The van der Waals surface area contributed by atoms with Gasteiger partial charge in [0.15, 0.2) is 0 Å². The Balaban J connectivity index is 1.23. The molecular formula is C42H46O7S. The number of aryl methyl sites for hydroxylation is 1. The van der Waals surface area contributed by atoms with E-state index in [-0.39, 0.29) is 17.1 Å². The molecule has 4 aromatic rings. The van der Waals surface area contributed by atoms with Gasteiger partial charge in [0.1, 0.15) is 11.5 Å². The molecule has 0 radical (unpaired) electrons. The third kappa shape index (κ3) is 11.9. The zero-order chi connectivity index (χ0) is 35.6. The average Bonchev–Trinajstić information content (AvgIpc) is 3.14. The normalized spacial score (nSPS) is 10.7. The largest absolute Gasteiger partial charge is 0.494 e. The minimum atomic E-state index is -0.376. The standard InChI is InChI=1S/C42H46O7S/c1-4-37-38-25-19-34(30-33(38)20-26-39(37)48-28-13-9-10-14-41(44)46-6-3)42(45)50-36-23-17-32(18-24-36)31-15-21-35(22-16-31)47-27-11-7-8-12-29-49-40(43)5-2/h5-6,15-26,30H,2-4,7-14,27-29H2,1H3. The van der Waals surface area contributed by atoms with Crippen molar-refractivity contribution in [3.8, 4) is 22.6 Å². The molecule has 0 aliphatic carbocycles. The minimum absolute atomic E-state index is 0.00683. The van der Waals surface area contributed by atoms with Crippen molar-refractivity contribution in [2.24, 2.45) is 0 Å². The fourth-order valence-corrected chi connectivity index (χ4v) is 6.22. The summed E-state index contributed by atoms with van der Waals surface area (Å²) < 4.78 is 21.7. The first-order valence-corrected chi connectivity index (χ1v) is 18.1. The van der Waals surface area contributed by atoms with Crippen molar-refractivity contribution in [2.75, 3.05) is 19.8 Å². The van der Waals surface area contributed by atoms with Crippen LogP contribution in [0.1, 0.15) is 74.2 Å². The average molecular weight is 695 g/mol. The summed E-state index contributed by atoms with van der Waals surface area (Å²) in [5, 5.41) is 2.08. The Hall–Kier alpha value is -4.82. The van der Waals surface area contributed by atoms with Gasteiger partial charge in [0, 0.05) is 28.5 Å². The highest BCUT2D eigenvalue weighted by Crippen LogP contribution is 2.32. The molecule has 4 aromatic carbocycles. The molecule has 0 atom stereocenters. The van der Waals surface area contributed by atoms with Crippen LogP contribution in [0.25, 0.3) is 21.9 Å². The van der Waals surface area contributed by atoms with E-state index in [4.69, 9.17) is 18.9 Å². The summed E-state index contributed by atoms with van der Waals surface area (Å²) in [6.07, 6.45) is 9.76. The van der Waals surface area contributed by atoms with Crippen molar-refractivity contribution in [3.63, 3.8) is 0 Å². The van der Waals surface area contributed by atoms with E-state index >= 15 is 0 Å². The van der Waals surface area contributed by atoms with Crippen LogP contribution in [0.3, 0.4) is 0 Å². The number of carbonyl (C=O) groups excluding carboxylic acids is 3. The van der Waals surface area contributed by atoms with Gasteiger partial charge >= 0.3 is 11.9 Å². The summed E-state index contributed by atoms with van der Waals surface area (Å²) in [6, 6.07) is 25.9. The Morgan fingerprint density at radius 2 is 1.38 bits per heavy atom. The number of esters is 2. The zero-order valence-corrected chi connectivity index (χ0v) is 29.6. The Labute approximate surface area is 299 Å². The highest BCUT2D eigenvalue weighted by Gasteiger charge is 2.13.